The molecule has 9 heteroatoms. The van der Waals surface area contributed by atoms with Crippen molar-refractivity contribution < 1.29 is 9.59 Å². The molecule has 1 saturated carbocycles. The van der Waals surface area contributed by atoms with E-state index in [1.807, 2.05) is 0 Å². The fourth-order valence-corrected chi connectivity index (χ4v) is 4.26. The summed E-state index contributed by atoms with van der Waals surface area (Å²) in [5.74, 6) is -0.493. The molecule has 0 saturated heterocycles. The van der Waals surface area contributed by atoms with Gasteiger partial charge in [0.05, 0.1) is 23.0 Å². The van der Waals surface area contributed by atoms with Crippen LogP contribution in [0.5, 0.6) is 0 Å². The first kappa shape index (κ1) is 23.6. The Morgan fingerprint density at radius 1 is 0.917 bits per heavy atom. The summed E-state index contributed by atoms with van der Waals surface area (Å²) in [6, 6.07) is 20.4. The molecular formula is C27H23ClN4O4. The number of anilines is 1. The summed E-state index contributed by atoms with van der Waals surface area (Å²) in [5.41, 5.74) is 0.858. The Kier molecular flexibility index (Phi) is 6.43. The van der Waals surface area contributed by atoms with E-state index in [0.29, 0.717) is 27.3 Å². The molecule has 2 N–H and O–H groups in total. The molecule has 0 bridgehead atoms. The van der Waals surface area contributed by atoms with Gasteiger partial charge in [-0.2, -0.15) is 0 Å². The zero-order valence-corrected chi connectivity index (χ0v) is 20.0. The van der Waals surface area contributed by atoms with Gasteiger partial charge < -0.3 is 10.6 Å². The number of fused-ring (bicyclic) bond motifs is 1. The number of amides is 2. The topological polar surface area (TPSA) is 102 Å². The second-order valence-electron chi connectivity index (χ2n) is 8.77. The smallest absolute Gasteiger partial charge is 0.336 e. The van der Waals surface area contributed by atoms with E-state index < -0.39 is 17.2 Å². The zero-order valence-electron chi connectivity index (χ0n) is 19.2. The van der Waals surface area contributed by atoms with Crippen molar-refractivity contribution >= 4 is 40.0 Å². The third-order valence-electron chi connectivity index (χ3n) is 5.96. The molecule has 1 heterocycles. The summed E-state index contributed by atoms with van der Waals surface area (Å²) in [6.45, 7) is -0.300. The molecule has 2 amide bonds. The molecule has 36 heavy (non-hydrogen) atoms. The fourth-order valence-electron chi connectivity index (χ4n) is 4.07. The Morgan fingerprint density at radius 2 is 1.67 bits per heavy atom. The molecule has 1 aliphatic carbocycles. The first-order valence-corrected chi connectivity index (χ1v) is 12.0. The zero-order chi connectivity index (χ0) is 25.2. The van der Waals surface area contributed by atoms with Crippen LogP contribution >= 0.6 is 11.6 Å². The number of halogens is 1. The van der Waals surface area contributed by atoms with E-state index in [9.17, 15) is 19.2 Å². The summed E-state index contributed by atoms with van der Waals surface area (Å²) >= 11 is 5.99. The van der Waals surface area contributed by atoms with Crippen LogP contribution in [0.3, 0.4) is 0 Å². The van der Waals surface area contributed by atoms with Crippen LogP contribution in [0.2, 0.25) is 5.02 Å². The number of hydrogen-bond acceptors (Lipinski definition) is 4. The van der Waals surface area contributed by atoms with Crippen LogP contribution in [0.4, 0.5) is 5.69 Å². The second-order valence-corrected chi connectivity index (χ2v) is 9.21. The van der Waals surface area contributed by atoms with Crippen LogP contribution in [-0.4, -0.2) is 27.0 Å². The summed E-state index contributed by atoms with van der Waals surface area (Å²) < 4.78 is 2.32. The molecule has 0 atom stereocenters. The largest absolute Gasteiger partial charge is 0.353 e. The number of carbonyl (C=O) groups excluding carboxylic acids is 2. The van der Waals surface area contributed by atoms with E-state index in [-0.39, 0.29) is 24.9 Å². The number of para-hydroxylation sites is 1. The lowest BCUT2D eigenvalue weighted by molar-refractivity contribution is -0.120. The van der Waals surface area contributed by atoms with E-state index >= 15 is 0 Å². The highest BCUT2D eigenvalue weighted by molar-refractivity contribution is 6.30. The third kappa shape index (κ3) is 5.08. The average molecular weight is 503 g/mol. The molecule has 182 valence electrons. The molecule has 0 radical (unpaired) electrons. The van der Waals surface area contributed by atoms with Crippen molar-refractivity contribution in [3.05, 3.63) is 104 Å². The molecule has 1 aliphatic rings. The first-order chi connectivity index (χ1) is 17.4. The summed E-state index contributed by atoms with van der Waals surface area (Å²) in [5, 5.41) is 6.45. The molecule has 0 aliphatic heterocycles. The van der Waals surface area contributed by atoms with Gasteiger partial charge in [0, 0.05) is 16.8 Å². The maximum atomic E-state index is 13.5. The molecular weight excluding hydrogens is 480 g/mol. The highest BCUT2D eigenvalue weighted by Gasteiger charge is 2.23. The van der Waals surface area contributed by atoms with Crippen LogP contribution < -0.4 is 21.9 Å². The number of nitrogens with zero attached hydrogens (tertiary/aromatic N) is 2. The predicted molar refractivity (Wildman–Crippen MR) is 139 cm³/mol. The number of carbonyl (C=O) groups is 2. The van der Waals surface area contributed by atoms with Gasteiger partial charge in [0.25, 0.3) is 5.56 Å². The minimum Gasteiger partial charge on any atom is -0.353 e. The number of benzene rings is 3. The maximum Gasteiger partial charge on any atom is 0.336 e. The maximum absolute atomic E-state index is 13.5. The van der Waals surface area contributed by atoms with Crippen LogP contribution in [0.25, 0.3) is 16.6 Å². The highest BCUT2D eigenvalue weighted by atomic mass is 35.5. The third-order valence-corrected chi connectivity index (χ3v) is 6.20. The van der Waals surface area contributed by atoms with Crippen molar-refractivity contribution in [2.24, 2.45) is 0 Å². The first-order valence-electron chi connectivity index (χ1n) is 11.6. The van der Waals surface area contributed by atoms with Gasteiger partial charge in [-0.05, 0) is 60.9 Å². The van der Waals surface area contributed by atoms with E-state index in [1.165, 1.54) is 4.57 Å². The number of aromatic nitrogens is 2. The van der Waals surface area contributed by atoms with E-state index in [0.717, 1.165) is 23.0 Å². The Hall–Kier alpha value is -4.17. The lowest BCUT2D eigenvalue weighted by atomic mass is 10.1. The van der Waals surface area contributed by atoms with Gasteiger partial charge in [-0.15, -0.1) is 0 Å². The molecule has 3 aromatic carbocycles. The monoisotopic (exact) mass is 502 g/mol. The second kappa shape index (κ2) is 9.83. The van der Waals surface area contributed by atoms with Gasteiger partial charge >= 0.3 is 5.69 Å². The summed E-state index contributed by atoms with van der Waals surface area (Å²) in [7, 11) is 0. The van der Waals surface area contributed by atoms with Gasteiger partial charge in [-0.25, -0.2) is 9.36 Å². The fraction of sp³-hybridized carbons (Fsp3) is 0.185. The van der Waals surface area contributed by atoms with E-state index in [2.05, 4.69) is 10.6 Å². The van der Waals surface area contributed by atoms with Gasteiger partial charge in [0.1, 0.15) is 6.54 Å². The molecule has 1 fully saturated rings. The lowest BCUT2D eigenvalue weighted by Gasteiger charge is -2.14. The molecule has 0 unspecified atom stereocenters. The van der Waals surface area contributed by atoms with Crippen molar-refractivity contribution in [3.8, 4) is 5.69 Å². The van der Waals surface area contributed by atoms with Gasteiger partial charge in [0.15, 0.2) is 0 Å². The van der Waals surface area contributed by atoms with Crippen LogP contribution in [0.1, 0.15) is 18.4 Å². The summed E-state index contributed by atoms with van der Waals surface area (Å²) in [4.78, 5) is 51.7. The van der Waals surface area contributed by atoms with Gasteiger partial charge in [0.2, 0.25) is 11.8 Å². The van der Waals surface area contributed by atoms with Crippen molar-refractivity contribution in [2.75, 3.05) is 5.32 Å². The van der Waals surface area contributed by atoms with E-state index in [4.69, 9.17) is 11.6 Å². The minimum atomic E-state index is -0.640. The van der Waals surface area contributed by atoms with E-state index in [1.54, 1.807) is 72.8 Å². The standard InChI is InChI=1S/C27H23ClN4O4/c28-18-4-3-5-20(15-18)30-25(34)16-31-23-7-2-1-6-22(23)26(35)32(27(31)36)21-12-8-17(9-13-21)14-24(33)29-19-10-11-19/h1-9,12-13,15,19H,10-11,14,16H2,(H,29,33)(H,30,34). The Labute approximate surface area is 211 Å². The average Bonchev–Trinajstić information content (AvgIpc) is 3.67. The van der Waals surface area contributed by atoms with Crippen LogP contribution in [0, 0.1) is 0 Å². The predicted octanol–water partition coefficient (Wildman–Crippen LogP) is 3.27. The van der Waals surface area contributed by atoms with Crippen molar-refractivity contribution in [1.82, 2.24) is 14.5 Å². The number of hydrogen-bond donors (Lipinski definition) is 2. The van der Waals surface area contributed by atoms with Crippen molar-refractivity contribution in [2.45, 2.75) is 31.8 Å². The number of rotatable bonds is 7. The van der Waals surface area contributed by atoms with Crippen LogP contribution in [-0.2, 0) is 22.6 Å². The van der Waals surface area contributed by atoms with Crippen LogP contribution in [0.15, 0.2) is 82.4 Å². The molecule has 5 rings (SSSR count). The van der Waals surface area contributed by atoms with Crippen molar-refractivity contribution in [1.29, 1.82) is 0 Å². The van der Waals surface area contributed by atoms with Crippen molar-refractivity contribution in [3.63, 3.8) is 0 Å². The highest BCUT2D eigenvalue weighted by Crippen LogP contribution is 2.19. The lowest BCUT2D eigenvalue weighted by Crippen LogP contribution is -2.40. The minimum absolute atomic E-state index is 0.0545. The normalized spacial score (nSPS) is 12.9. The number of nitrogens with one attached hydrogen (secondary N) is 2. The molecule has 4 aromatic rings. The SMILES string of the molecule is O=C(Cn1c(=O)n(-c2ccc(CC(=O)NC3CC3)cc2)c(=O)c2ccccc21)Nc1cccc(Cl)c1. The van der Waals surface area contributed by atoms with Gasteiger partial charge in [-0.3, -0.25) is 19.0 Å². The van der Waals surface area contributed by atoms with Gasteiger partial charge in [-0.1, -0.05) is 41.9 Å². The molecule has 0 spiro atoms. The molecule has 1 aromatic heterocycles. The Balaban J connectivity index is 1.48. The Bertz CT molecular complexity index is 1590. The quantitative estimate of drug-likeness (QED) is 0.405. The Morgan fingerprint density at radius 3 is 2.39 bits per heavy atom. The summed E-state index contributed by atoms with van der Waals surface area (Å²) in [6.07, 6.45) is 2.25. The molecule has 8 nitrogen and oxygen atoms in total.